The molecule has 2 aromatic rings. The molecular weight excluding hydrogens is 467 g/mol. The van der Waals surface area contributed by atoms with Gasteiger partial charge in [0.05, 0.1) is 0 Å². The van der Waals surface area contributed by atoms with E-state index < -0.39 is 5.97 Å². The fraction of sp³-hybridized carbons (Fsp3) is 0.500. The van der Waals surface area contributed by atoms with Gasteiger partial charge >= 0.3 is 5.97 Å². The molecule has 7 heteroatoms. The lowest BCUT2D eigenvalue weighted by molar-refractivity contribution is 0.0702. The van der Waals surface area contributed by atoms with Crippen LogP contribution in [-0.4, -0.2) is 22.2 Å². The second-order valence-electron chi connectivity index (χ2n) is 6.51. The van der Waals surface area contributed by atoms with Crippen molar-refractivity contribution in [1.29, 1.82) is 0 Å². The Labute approximate surface area is 198 Å². The zero-order chi connectivity index (χ0) is 21.8. The number of carboxylic acid groups (broad SMARTS) is 1. The highest BCUT2D eigenvalue weighted by Crippen LogP contribution is 2.35. The van der Waals surface area contributed by atoms with Gasteiger partial charge in [-0.2, -0.15) is 0 Å². The first-order chi connectivity index (χ1) is 13.9. The molecule has 0 amide bonds. The molecule has 2 atom stereocenters. The van der Waals surface area contributed by atoms with Crippen molar-refractivity contribution >= 4 is 63.9 Å². The van der Waals surface area contributed by atoms with Crippen LogP contribution >= 0.6 is 57.9 Å². The lowest BCUT2D eigenvalue weighted by atomic mass is 10.1. The topological polar surface area (TPSA) is 37.3 Å². The van der Waals surface area contributed by atoms with E-state index in [-0.39, 0.29) is 0 Å². The first kappa shape index (κ1) is 26.6. The van der Waals surface area contributed by atoms with Crippen molar-refractivity contribution < 1.29 is 9.90 Å². The Balaban J connectivity index is 0.000000284. The predicted molar refractivity (Wildman–Crippen MR) is 131 cm³/mol. The van der Waals surface area contributed by atoms with Crippen LogP contribution in [-0.2, 0) is 6.42 Å². The number of thioether (sulfide) groups is 1. The molecule has 1 aromatic carbocycles. The first-order valence-corrected chi connectivity index (χ1v) is 12.9. The Kier molecular flexibility index (Phi) is 13.4. The minimum Gasteiger partial charge on any atom is -0.477 e. The van der Waals surface area contributed by atoms with E-state index in [2.05, 4.69) is 6.92 Å². The smallest absolute Gasteiger partial charge is 0.345 e. The summed E-state index contributed by atoms with van der Waals surface area (Å²) in [6.07, 6.45) is 5.60. The van der Waals surface area contributed by atoms with E-state index in [0.717, 1.165) is 47.1 Å². The number of rotatable bonds is 6. The third kappa shape index (κ3) is 10.5. The summed E-state index contributed by atoms with van der Waals surface area (Å²) in [6, 6.07) is 9.24. The zero-order valence-corrected chi connectivity index (χ0v) is 21.0. The van der Waals surface area contributed by atoms with Gasteiger partial charge in [0.15, 0.2) is 0 Å². The zero-order valence-electron chi connectivity index (χ0n) is 17.1. The van der Waals surface area contributed by atoms with Crippen molar-refractivity contribution in [3.05, 3.63) is 50.1 Å². The van der Waals surface area contributed by atoms with Crippen molar-refractivity contribution in [3.63, 3.8) is 0 Å². The van der Waals surface area contributed by atoms with Gasteiger partial charge in [-0.25, -0.2) is 4.79 Å². The van der Waals surface area contributed by atoms with Crippen LogP contribution in [0.2, 0.25) is 10.0 Å². The van der Waals surface area contributed by atoms with Crippen molar-refractivity contribution in [3.8, 4) is 0 Å². The highest BCUT2D eigenvalue weighted by Gasteiger charge is 2.22. The summed E-state index contributed by atoms with van der Waals surface area (Å²) in [5, 5.41) is 10.4. The molecule has 1 N–H and O–H groups in total. The van der Waals surface area contributed by atoms with Crippen molar-refractivity contribution in [2.45, 2.75) is 63.1 Å². The lowest BCUT2D eigenvalue weighted by Gasteiger charge is -2.09. The molecule has 0 bridgehead atoms. The first-order valence-electron chi connectivity index (χ1n) is 9.92. The normalized spacial score (nSPS) is 17.7. The number of carboxylic acids is 1. The van der Waals surface area contributed by atoms with E-state index in [1.807, 2.05) is 43.8 Å². The van der Waals surface area contributed by atoms with Crippen LogP contribution in [0.25, 0.3) is 0 Å². The number of halogens is 3. The Hall–Kier alpha value is -0.390. The van der Waals surface area contributed by atoms with Crippen LogP contribution in [0.15, 0.2) is 35.2 Å². The molecule has 0 radical (unpaired) electrons. The van der Waals surface area contributed by atoms with Gasteiger partial charge in [-0.1, -0.05) is 50.4 Å². The summed E-state index contributed by atoms with van der Waals surface area (Å²) in [7, 11) is 0. The number of carbonyl (C=O) groups is 1. The standard InChI is InChI=1S/C12H13Cl3S.C8H10O2S.C2H6/c13-9-2-1-8(3-9)7-16-12-5-10(14)4-11(15)6-12;1-2-3-6-4-5-7(11-6)8(9)10;1-2/h4-6,8-9H,1-3,7H2;4-5H,2-3H2,1H3,(H,9,10);1-2H3. The minimum absolute atomic E-state index is 0.383. The molecule has 1 fully saturated rings. The molecular formula is C22H29Cl3O2S2. The third-order valence-electron chi connectivity index (χ3n) is 4.17. The summed E-state index contributed by atoms with van der Waals surface area (Å²) in [5.74, 6) is 1.03. The van der Waals surface area contributed by atoms with Crippen LogP contribution < -0.4 is 0 Å². The molecule has 0 saturated heterocycles. The van der Waals surface area contributed by atoms with Crippen LogP contribution in [0.5, 0.6) is 0 Å². The van der Waals surface area contributed by atoms with Gasteiger partial charge in [0.2, 0.25) is 0 Å². The largest absolute Gasteiger partial charge is 0.477 e. The van der Waals surface area contributed by atoms with Crippen LogP contribution in [0, 0.1) is 5.92 Å². The fourth-order valence-electron chi connectivity index (χ4n) is 2.86. The van der Waals surface area contributed by atoms with E-state index in [9.17, 15) is 4.79 Å². The second-order valence-corrected chi connectivity index (χ2v) is 10.3. The maximum absolute atomic E-state index is 10.4. The summed E-state index contributed by atoms with van der Waals surface area (Å²) in [4.78, 5) is 13.2. The Morgan fingerprint density at radius 3 is 2.31 bits per heavy atom. The summed E-state index contributed by atoms with van der Waals surface area (Å²) < 4.78 is 0. The maximum Gasteiger partial charge on any atom is 0.345 e. The third-order valence-corrected chi connectivity index (χ3v) is 7.34. The second kappa shape index (κ2) is 14.6. The van der Waals surface area contributed by atoms with Crippen LogP contribution in [0.3, 0.4) is 0 Å². The molecule has 29 heavy (non-hydrogen) atoms. The Morgan fingerprint density at radius 1 is 1.17 bits per heavy atom. The van der Waals surface area contributed by atoms with Crippen molar-refractivity contribution in [1.82, 2.24) is 0 Å². The number of aryl methyl sites for hydroxylation is 1. The average Bonchev–Trinajstić information content (AvgIpc) is 3.31. The van der Waals surface area contributed by atoms with Gasteiger partial charge in [-0.3, -0.25) is 0 Å². The van der Waals surface area contributed by atoms with Crippen molar-refractivity contribution in [2.24, 2.45) is 5.92 Å². The summed E-state index contributed by atoms with van der Waals surface area (Å²) >= 11 is 21.2. The SMILES string of the molecule is CC.CCCc1ccc(C(=O)O)s1.Clc1cc(Cl)cc(SCC2CCC(Cl)C2)c1. The molecule has 1 saturated carbocycles. The number of alkyl halides is 1. The maximum atomic E-state index is 10.4. The average molecular weight is 496 g/mol. The number of hydrogen-bond acceptors (Lipinski definition) is 3. The van der Waals surface area contributed by atoms with Crippen LogP contribution in [0.4, 0.5) is 0 Å². The van der Waals surface area contributed by atoms with E-state index in [1.165, 1.54) is 17.8 Å². The Morgan fingerprint density at radius 2 is 1.83 bits per heavy atom. The fourth-order valence-corrected chi connectivity index (χ4v) is 6.00. The summed E-state index contributed by atoms with van der Waals surface area (Å²) in [5.41, 5.74) is 0. The molecule has 1 aromatic heterocycles. The van der Waals surface area contributed by atoms with Gasteiger partial charge < -0.3 is 5.11 Å². The van der Waals surface area contributed by atoms with Gasteiger partial charge in [-0.05, 0) is 61.9 Å². The van der Waals surface area contributed by atoms with Gasteiger partial charge in [-0.15, -0.1) is 34.7 Å². The van der Waals surface area contributed by atoms with E-state index >= 15 is 0 Å². The lowest BCUT2D eigenvalue weighted by Crippen LogP contribution is -1.98. The van der Waals surface area contributed by atoms with Crippen molar-refractivity contribution in [2.75, 3.05) is 5.75 Å². The highest BCUT2D eigenvalue weighted by atomic mass is 35.5. The molecule has 162 valence electrons. The monoisotopic (exact) mass is 494 g/mol. The van der Waals surface area contributed by atoms with E-state index in [4.69, 9.17) is 39.9 Å². The molecule has 1 heterocycles. The van der Waals surface area contributed by atoms with Gasteiger partial charge in [0, 0.05) is 30.9 Å². The summed E-state index contributed by atoms with van der Waals surface area (Å²) in [6.45, 7) is 6.08. The molecule has 3 rings (SSSR count). The van der Waals surface area contributed by atoms with E-state index in [1.54, 1.807) is 12.1 Å². The van der Waals surface area contributed by atoms with Gasteiger partial charge in [0.25, 0.3) is 0 Å². The van der Waals surface area contributed by atoms with E-state index in [0.29, 0.717) is 20.3 Å². The quantitative estimate of drug-likeness (QED) is 0.321. The minimum atomic E-state index is -0.822. The number of thiophene rings is 1. The molecule has 1 aliphatic rings. The van der Waals surface area contributed by atoms with Gasteiger partial charge in [0.1, 0.15) is 4.88 Å². The predicted octanol–water partition coefficient (Wildman–Crippen LogP) is 8.92. The Bertz CT molecular complexity index is 729. The molecule has 0 aliphatic heterocycles. The highest BCUT2D eigenvalue weighted by molar-refractivity contribution is 7.99. The van der Waals surface area contributed by atoms with Crippen LogP contribution in [0.1, 0.15) is 61.0 Å². The molecule has 2 nitrogen and oxygen atoms in total. The molecule has 0 spiro atoms. The number of aromatic carboxylic acids is 1. The number of hydrogen-bond donors (Lipinski definition) is 1. The number of benzene rings is 1. The molecule has 1 aliphatic carbocycles. The molecule has 2 unspecified atom stereocenters.